The van der Waals surface area contributed by atoms with E-state index in [-0.39, 0.29) is 5.91 Å². The molecule has 1 aromatic carbocycles. The number of amides is 1. The number of rotatable bonds is 0. The first kappa shape index (κ1) is 11.5. The minimum Gasteiger partial charge on any atom is -0.478 e. The maximum Gasteiger partial charge on any atom is 0.267 e. The second-order valence-electron chi connectivity index (χ2n) is 4.14. The molecule has 0 radical (unpaired) electrons. The quantitative estimate of drug-likeness (QED) is 0.733. The highest BCUT2D eigenvalue weighted by molar-refractivity contribution is 9.10. The molecular formula is C12H14BrNO2. The Bertz CT molecular complexity index is 471. The summed E-state index contributed by atoms with van der Waals surface area (Å²) in [5.41, 5.74) is 2.94. The number of fused-ring (bicyclic) bond motifs is 1. The van der Waals surface area contributed by atoms with Crippen LogP contribution in [-0.2, 0) is 4.79 Å². The van der Waals surface area contributed by atoms with Gasteiger partial charge in [-0.25, -0.2) is 0 Å². The molecular weight excluding hydrogens is 270 g/mol. The molecule has 2 rings (SSSR count). The molecule has 0 bridgehead atoms. The Kier molecular flexibility index (Phi) is 2.70. The number of likely N-dealkylation sites (N-methyl/N-ethyl adjacent to an activating group) is 1. The highest BCUT2D eigenvalue weighted by Crippen LogP contribution is 2.42. The molecule has 0 saturated heterocycles. The van der Waals surface area contributed by atoms with Crippen LogP contribution in [0.3, 0.4) is 0 Å². The van der Waals surface area contributed by atoms with Gasteiger partial charge in [0.1, 0.15) is 5.75 Å². The average Bonchev–Trinajstić information content (AvgIpc) is 2.22. The predicted octanol–water partition coefficient (Wildman–Crippen LogP) is 2.81. The fourth-order valence-corrected chi connectivity index (χ4v) is 2.53. The SMILES string of the molecule is Cc1cc(Br)c(C)c2c1OC(C)C(=O)N2C. The number of carbonyl (C=O) groups is 1. The Morgan fingerprint density at radius 1 is 1.44 bits per heavy atom. The molecule has 1 aromatic rings. The Hall–Kier alpha value is -1.03. The number of benzene rings is 1. The third-order valence-corrected chi connectivity index (χ3v) is 3.76. The lowest BCUT2D eigenvalue weighted by Crippen LogP contribution is -2.42. The summed E-state index contributed by atoms with van der Waals surface area (Å²) in [6.45, 7) is 5.74. The van der Waals surface area contributed by atoms with Crippen LogP contribution in [0.25, 0.3) is 0 Å². The largest absolute Gasteiger partial charge is 0.478 e. The number of aryl methyl sites for hydroxylation is 1. The Morgan fingerprint density at radius 2 is 2.06 bits per heavy atom. The van der Waals surface area contributed by atoms with Gasteiger partial charge in [0.15, 0.2) is 6.10 Å². The molecule has 0 spiro atoms. The van der Waals surface area contributed by atoms with Crippen molar-refractivity contribution in [3.8, 4) is 5.75 Å². The minimum atomic E-state index is -0.406. The molecule has 1 unspecified atom stereocenters. The number of nitrogens with zero attached hydrogens (tertiary/aromatic N) is 1. The van der Waals surface area contributed by atoms with Gasteiger partial charge in [-0.3, -0.25) is 4.79 Å². The topological polar surface area (TPSA) is 29.5 Å². The van der Waals surface area contributed by atoms with Crippen LogP contribution in [0.2, 0.25) is 0 Å². The Labute approximate surface area is 104 Å². The number of hydrogen-bond donors (Lipinski definition) is 0. The zero-order chi connectivity index (χ0) is 12.0. The molecule has 3 nitrogen and oxygen atoms in total. The first-order valence-corrected chi connectivity index (χ1v) is 5.96. The summed E-state index contributed by atoms with van der Waals surface area (Å²) < 4.78 is 6.67. The van der Waals surface area contributed by atoms with Crippen LogP contribution in [0.4, 0.5) is 5.69 Å². The molecule has 1 heterocycles. The van der Waals surface area contributed by atoms with Crippen molar-refractivity contribution in [3.63, 3.8) is 0 Å². The minimum absolute atomic E-state index is 0.00639. The summed E-state index contributed by atoms with van der Waals surface area (Å²) in [5, 5.41) is 0. The van der Waals surface area contributed by atoms with Crippen molar-refractivity contribution in [2.24, 2.45) is 0 Å². The molecule has 86 valence electrons. The lowest BCUT2D eigenvalue weighted by Gasteiger charge is -2.33. The number of hydrogen-bond acceptors (Lipinski definition) is 2. The van der Waals surface area contributed by atoms with E-state index < -0.39 is 6.10 Å². The van der Waals surface area contributed by atoms with Gasteiger partial charge in [-0.2, -0.15) is 0 Å². The molecule has 0 saturated carbocycles. The van der Waals surface area contributed by atoms with Crippen molar-refractivity contribution >= 4 is 27.5 Å². The maximum atomic E-state index is 11.8. The predicted molar refractivity (Wildman–Crippen MR) is 67.1 cm³/mol. The third-order valence-electron chi connectivity index (χ3n) is 2.94. The molecule has 16 heavy (non-hydrogen) atoms. The van der Waals surface area contributed by atoms with E-state index in [9.17, 15) is 4.79 Å². The summed E-state index contributed by atoms with van der Waals surface area (Å²) in [5.74, 6) is 0.809. The summed E-state index contributed by atoms with van der Waals surface area (Å²) in [6.07, 6.45) is -0.406. The van der Waals surface area contributed by atoms with Gasteiger partial charge < -0.3 is 9.64 Å². The normalized spacial score (nSPS) is 19.4. The number of anilines is 1. The van der Waals surface area contributed by atoms with E-state index in [0.29, 0.717) is 0 Å². The smallest absolute Gasteiger partial charge is 0.267 e. The zero-order valence-corrected chi connectivity index (χ0v) is 11.4. The first-order chi connectivity index (χ1) is 7.43. The second kappa shape index (κ2) is 3.77. The van der Waals surface area contributed by atoms with Gasteiger partial charge >= 0.3 is 0 Å². The molecule has 1 atom stereocenters. The molecule has 4 heteroatoms. The third kappa shape index (κ3) is 1.52. The van der Waals surface area contributed by atoms with Crippen LogP contribution in [0.5, 0.6) is 5.75 Å². The van der Waals surface area contributed by atoms with Crippen molar-refractivity contribution in [1.29, 1.82) is 0 Å². The van der Waals surface area contributed by atoms with Gasteiger partial charge in [-0.05, 0) is 38.0 Å². The van der Waals surface area contributed by atoms with Crippen molar-refractivity contribution in [2.45, 2.75) is 26.9 Å². The monoisotopic (exact) mass is 283 g/mol. The van der Waals surface area contributed by atoms with Gasteiger partial charge in [0.05, 0.1) is 5.69 Å². The van der Waals surface area contributed by atoms with E-state index in [1.807, 2.05) is 19.9 Å². The van der Waals surface area contributed by atoms with Crippen LogP contribution in [0, 0.1) is 13.8 Å². The Morgan fingerprint density at radius 3 is 2.69 bits per heavy atom. The summed E-state index contributed by atoms with van der Waals surface area (Å²) >= 11 is 3.49. The van der Waals surface area contributed by atoms with E-state index in [1.165, 1.54) is 0 Å². The van der Waals surface area contributed by atoms with Gasteiger partial charge in [0.25, 0.3) is 5.91 Å². The van der Waals surface area contributed by atoms with E-state index >= 15 is 0 Å². The van der Waals surface area contributed by atoms with Crippen LogP contribution >= 0.6 is 15.9 Å². The van der Waals surface area contributed by atoms with Crippen LogP contribution in [-0.4, -0.2) is 19.1 Å². The lowest BCUT2D eigenvalue weighted by atomic mass is 10.1. The fourth-order valence-electron chi connectivity index (χ4n) is 2.00. The van der Waals surface area contributed by atoms with E-state index in [4.69, 9.17) is 4.74 Å². The second-order valence-corrected chi connectivity index (χ2v) is 4.99. The number of carbonyl (C=O) groups excluding carboxylic acids is 1. The molecule has 1 aliphatic heterocycles. The molecule has 0 fully saturated rings. The Balaban J connectivity index is 2.70. The fraction of sp³-hybridized carbons (Fsp3) is 0.417. The van der Waals surface area contributed by atoms with E-state index in [0.717, 1.165) is 27.0 Å². The molecule has 1 amide bonds. The number of ether oxygens (including phenoxy) is 1. The highest BCUT2D eigenvalue weighted by atomic mass is 79.9. The highest BCUT2D eigenvalue weighted by Gasteiger charge is 2.31. The lowest BCUT2D eigenvalue weighted by molar-refractivity contribution is -0.125. The standard InChI is InChI=1S/C12H14BrNO2/c1-6-5-9(13)7(2)10-11(6)16-8(3)12(15)14(10)4/h5,8H,1-4H3. The molecule has 0 aromatic heterocycles. The van der Waals surface area contributed by atoms with Crippen LogP contribution < -0.4 is 9.64 Å². The zero-order valence-electron chi connectivity index (χ0n) is 9.80. The molecule has 0 N–H and O–H groups in total. The van der Waals surface area contributed by atoms with Gasteiger partial charge in [0, 0.05) is 11.5 Å². The average molecular weight is 284 g/mol. The van der Waals surface area contributed by atoms with E-state index in [1.54, 1.807) is 18.9 Å². The van der Waals surface area contributed by atoms with Crippen LogP contribution in [0.15, 0.2) is 10.5 Å². The van der Waals surface area contributed by atoms with Gasteiger partial charge in [0.2, 0.25) is 0 Å². The maximum absolute atomic E-state index is 11.8. The summed E-state index contributed by atoms with van der Waals surface area (Å²) in [4.78, 5) is 13.5. The first-order valence-electron chi connectivity index (χ1n) is 5.17. The van der Waals surface area contributed by atoms with Crippen molar-refractivity contribution < 1.29 is 9.53 Å². The molecule has 1 aliphatic rings. The van der Waals surface area contributed by atoms with Crippen molar-refractivity contribution in [1.82, 2.24) is 0 Å². The van der Waals surface area contributed by atoms with Crippen molar-refractivity contribution in [2.75, 3.05) is 11.9 Å². The van der Waals surface area contributed by atoms with Gasteiger partial charge in [-0.1, -0.05) is 15.9 Å². The van der Waals surface area contributed by atoms with Gasteiger partial charge in [-0.15, -0.1) is 0 Å². The van der Waals surface area contributed by atoms with Crippen molar-refractivity contribution in [3.05, 3.63) is 21.7 Å². The number of halogens is 1. The van der Waals surface area contributed by atoms with E-state index in [2.05, 4.69) is 15.9 Å². The summed E-state index contributed by atoms with van der Waals surface area (Å²) in [6, 6.07) is 2.02. The summed E-state index contributed by atoms with van der Waals surface area (Å²) in [7, 11) is 1.79. The molecule has 0 aliphatic carbocycles. The van der Waals surface area contributed by atoms with Crippen LogP contribution in [0.1, 0.15) is 18.1 Å².